The van der Waals surface area contributed by atoms with Crippen molar-refractivity contribution in [1.29, 1.82) is 0 Å². The van der Waals surface area contributed by atoms with Crippen LogP contribution in [0.15, 0.2) is 91.3 Å². The lowest BCUT2D eigenvalue weighted by Gasteiger charge is -2.23. The fourth-order valence-electron chi connectivity index (χ4n) is 4.71. The Morgan fingerprint density at radius 1 is 0.743 bits per heavy atom. The standard InChI is InChI=1S/C29H27N5O/c1-4-10-21(11-5-1)27-32-28(26-29(33-27)34(20-30-26)23-12-6-2-7-13-23)31-22-16-18-25(19-17-22)35-24-14-8-3-9-15-24/h1,3-5,8-11,14-20,23H,2,6-7,12-13H2,(H,31,32,33). The third-order valence-corrected chi connectivity index (χ3v) is 6.52. The van der Waals surface area contributed by atoms with Gasteiger partial charge in [-0.25, -0.2) is 15.0 Å². The number of imidazole rings is 1. The zero-order chi connectivity index (χ0) is 23.5. The molecule has 5 aromatic rings. The van der Waals surface area contributed by atoms with Crippen LogP contribution in [0.3, 0.4) is 0 Å². The SMILES string of the molecule is c1ccc(Oc2ccc(Nc3nc(-c4ccccc4)nc4c3ncn4C3CCCCC3)cc2)cc1. The number of ether oxygens (including phenoxy) is 1. The minimum atomic E-state index is 0.439. The second kappa shape index (κ2) is 9.58. The lowest BCUT2D eigenvalue weighted by molar-refractivity contribution is 0.358. The van der Waals surface area contributed by atoms with Crippen molar-refractivity contribution in [3.05, 3.63) is 91.3 Å². The van der Waals surface area contributed by atoms with Gasteiger partial charge in [-0.15, -0.1) is 0 Å². The molecule has 0 aliphatic heterocycles. The predicted octanol–water partition coefficient (Wildman–Crippen LogP) is 7.53. The van der Waals surface area contributed by atoms with Crippen molar-refractivity contribution in [3.63, 3.8) is 0 Å². The maximum absolute atomic E-state index is 5.93. The van der Waals surface area contributed by atoms with E-state index in [4.69, 9.17) is 19.7 Å². The van der Waals surface area contributed by atoms with Gasteiger partial charge in [0.15, 0.2) is 22.8 Å². The molecule has 1 aliphatic carbocycles. The zero-order valence-electron chi connectivity index (χ0n) is 19.5. The lowest BCUT2D eigenvalue weighted by atomic mass is 9.95. The number of nitrogens with zero attached hydrogens (tertiary/aromatic N) is 4. The Bertz CT molecular complexity index is 1410. The van der Waals surface area contributed by atoms with E-state index >= 15 is 0 Å². The lowest BCUT2D eigenvalue weighted by Crippen LogP contribution is -2.12. The van der Waals surface area contributed by atoms with Crippen molar-refractivity contribution in [2.45, 2.75) is 38.1 Å². The first-order valence-corrected chi connectivity index (χ1v) is 12.2. The van der Waals surface area contributed by atoms with Crippen LogP contribution in [0.2, 0.25) is 0 Å². The van der Waals surface area contributed by atoms with E-state index in [1.54, 1.807) is 0 Å². The number of hydrogen-bond acceptors (Lipinski definition) is 5. The minimum Gasteiger partial charge on any atom is -0.457 e. The zero-order valence-corrected chi connectivity index (χ0v) is 19.5. The Morgan fingerprint density at radius 3 is 2.17 bits per heavy atom. The molecular formula is C29H27N5O. The summed E-state index contributed by atoms with van der Waals surface area (Å²) in [5.41, 5.74) is 3.58. The van der Waals surface area contributed by atoms with E-state index in [0.717, 1.165) is 33.9 Å². The largest absolute Gasteiger partial charge is 0.457 e. The molecule has 6 heteroatoms. The van der Waals surface area contributed by atoms with Gasteiger partial charge in [-0.1, -0.05) is 67.8 Å². The summed E-state index contributed by atoms with van der Waals surface area (Å²) in [7, 11) is 0. The highest BCUT2D eigenvalue weighted by atomic mass is 16.5. The molecule has 35 heavy (non-hydrogen) atoms. The number of fused-ring (bicyclic) bond motifs is 1. The quantitative estimate of drug-likeness (QED) is 0.283. The average Bonchev–Trinajstić information content (AvgIpc) is 3.36. The van der Waals surface area contributed by atoms with E-state index in [9.17, 15) is 0 Å². The van der Waals surface area contributed by atoms with E-state index in [0.29, 0.717) is 17.7 Å². The van der Waals surface area contributed by atoms with E-state index in [-0.39, 0.29) is 0 Å². The molecule has 0 unspecified atom stereocenters. The topological polar surface area (TPSA) is 64.9 Å². The van der Waals surface area contributed by atoms with Gasteiger partial charge in [0.2, 0.25) is 0 Å². The number of nitrogens with one attached hydrogen (secondary N) is 1. The number of rotatable bonds is 6. The molecular weight excluding hydrogens is 434 g/mol. The number of anilines is 2. The number of hydrogen-bond donors (Lipinski definition) is 1. The summed E-state index contributed by atoms with van der Waals surface area (Å²) in [5, 5.41) is 3.48. The van der Waals surface area contributed by atoms with Gasteiger partial charge in [0.25, 0.3) is 0 Å². The molecule has 1 aliphatic rings. The molecule has 174 valence electrons. The number of benzene rings is 3. The summed E-state index contributed by atoms with van der Waals surface area (Å²) in [6.07, 6.45) is 8.09. The molecule has 1 fully saturated rings. The first-order chi connectivity index (χ1) is 17.3. The first kappa shape index (κ1) is 21.4. The Hall–Kier alpha value is -4.19. The number of aromatic nitrogens is 4. The van der Waals surface area contributed by atoms with Crippen LogP contribution < -0.4 is 10.1 Å². The summed E-state index contributed by atoms with van der Waals surface area (Å²) in [6.45, 7) is 0. The van der Waals surface area contributed by atoms with Crippen molar-refractivity contribution in [3.8, 4) is 22.9 Å². The molecule has 0 bridgehead atoms. The third-order valence-electron chi connectivity index (χ3n) is 6.52. The monoisotopic (exact) mass is 461 g/mol. The highest BCUT2D eigenvalue weighted by Crippen LogP contribution is 2.33. The highest BCUT2D eigenvalue weighted by molar-refractivity contribution is 5.87. The molecule has 1 N–H and O–H groups in total. The van der Waals surface area contributed by atoms with E-state index in [2.05, 4.69) is 9.88 Å². The van der Waals surface area contributed by atoms with Crippen molar-refractivity contribution < 1.29 is 4.74 Å². The van der Waals surface area contributed by atoms with E-state index in [1.807, 2.05) is 91.3 Å². The van der Waals surface area contributed by atoms with Crippen LogP contribution in [0.5, 0.6) is 11.5 Å². The number of para-hydroxylation sites is 1. The van der Waals surface area contributed by atoms with Crippen LogP contribution in [-0.4, -0.2) is 19.5 Å². The first-order valence-electron chi connectivity index (χ1n) is 12.2. The van der Waals surface area contributed by atoms with E-state index < -0.39 is 0 Å². The molecule has 6 nitrogen and oxygen atoms in total. The fourth-order valence-corrected chi connectivity index (χ4v) is 4.71. The maximum atomic E-state index is 5.93. The van der Waals surface area contributed by atoms with Gasteiger partial charge in [0.1, 0.15) is 11.5 Å². The average molecular weight is 462 g/mol. The van der Waals surface area contributed by atoms with E-state index in [1.165, 1.54) is 32.1 Å². The Morgan fingerprint density at radius 2 is 1.43 bits per heavy atom. The summed E-state index contributed by atoms with van der Waals surface area (Å²) in [5.74, 6) is 3.00. The van der Waals surface area contributed by atoms with Crippen LogP contribution in [-0.2, 0) is 0 Å². The van der Waals surface area contributed by atoms with Crippen LogP contribution in [0, 0.1) is 0 Å². The molecule has 0 atom stereocenters. The molecule has 6 rings (SSSR count). The molecule has 0 amide bonds. The smallest absolute Gasteiger partial charge is 0.166 e. The second-order valence-electron chi connectivity index (χ2n) is 8.94. The Balaban J connectivity index is 1.35. The Labute approximate surface area is 204 Å². The molecule has 0 saturated heterocycles. The van der Waals surface area contributed by atoms with Gasteiger partial charge < -0.3 is 14.6 Å². The summed E-state index contributed by atoms with van der Waals surface area (Å²) in [4.78, 5) is 14.6. The van der Waals surface area contributed by atoms with Gasteiger partial charge in [-0.3, -0.25) is 0 Å². The minimum absolute atomic E-state index is 0.439. The highest BCUT2D eigenvalue weighted by Gasteiger charge is 2.21. The van der Waals surface area contributed by atoms with Gasteiger partial charge in [-0.2, -0.15) is 0 Å². The van der Waals surface area contributed by atoms with Gasteiger partial charge >= 0.3 is 0 Å². The predicted molar refractivity (Wildman–Crippen MR) is 139 cm³/mol. The Kier molecular flexibility index (Phi) is 5.85. The van der Waals surface area contributed by atoms with Gasteiger partial charge in [0.05, 0.1) is 6.33 Å². The van der Waals surface area contributed by atoms with Crippen molar-refractivity contribution in [2.75, 3.05) is 5.32 Å². The van der Waals surface area contributed by atoms with Crippen molar-refractivity contribution >= 4 is 22.7 Å². The second-order valence-corrected chi connectivity index (χ2v) is 8.94. The molecule has 2 heterocycles. The summed E-state index contributed by atoms with van der Waals surface area (Å²) < 4.78 is 8.19. The van der Waals surface area contributed by atoms with Gasteiger partial charge in [-0.05, 0) is 49.2 Å². The molecule has 0 radical (unpaired) electrons. The third kappa shape index (κ3) is 4.60. The fraction of sp³-hybridized carbons (Fsp3) is 0.207. The van der Waals surface area contributed by atoms with Crippen LogP contribution in [0.25, 0.3) is 22.6 Å². The summed E-state index contributed by atoms with van der Waals surface area (Å²) in [6, 6.07) is 28.2. The van der Waals surface area contributed by atoms with Crippen molar-refractivity contribution in [1.82, 2.24) is 19.5 Å². The summed E-state index contributed by atoms with van der Waals surface area (Å²) >= 11 is 0. The molecule has 3 aromatic carbocycles. The van der Waals surface area contributed by atoms with Crippen LogP contribution in [0.1, 0.15) is 38.1 Å². The van der Waals surface area contributed by atoms with Crippen LogP contribution >= 0.6 is 0 Å². The normalized spacial score (nSPS) is 14.2. The van der Waals surface area contributed by atoms with Crippen LogP contribution in [0.4, 0.5) is 11.5 Å². The molecule has 1 saturated carbocycles. The maximum Gasteiger partial charge on any atom is 0.166 e. The van der Waals surface area contributed by atoms with Gasteiger partial charge in [0, 0.05) is 17.3 Å². The molecule has 2 aromatic heterocycles. The molecule has 0 spiro atoms. The van der Waals surface area contributed by atoms with Crippen molar-refractivity contribution in [2.24, 2.45) is 0 Å².